The van der Waals surface area contributed by atoms with Gasteiger partial charge in [-0.15, -0.1) is 0 Å². The van der Waals surface area contributed by atoms with Crippen LogP contribution in [-0.4, -0.2) is 4.57 Å². The summed E-state index contributed by atoms with van der Waals surface area (Å²) in [6.07, 6.45) is 8.73. The molecule has 0 N–H and O–H groups in total. The van der Waals surface area contributed by atoms with Crippen molar-refractivity contribution in [3.05, 3.63) is 200 Å². The minimum Gasteiger partial charge on any atom is -0.314 e. The van der Waals surface area contributed by atoms with Crippen LogP contribution in [0.15, 0.2) is 200 Å². The predicted molar refractivity (Wildman–Crippen MR) is 212 cm³/mol. The third-order valence-corrected chi connectivity index (χ3v) is 9.86. The van der Waals surface area contributed by atoms with Crippen LogP contribution in [0.2, 0.25) is 0 Å². The average molecular weight is 641 g/mol. The number of nitrogens with zero attached hydrogens (tertiary/aromatic N) is 2. The van der Waals surface area contributed by atoms with Crippen LogP contribution in [0.5, 0.6) is 0 Å². The monoisotopic (exact) mass is 640 g/mol. The van der Waals surface area contributed by atoms with Gasteiger partial charge in [0.25, 0.3) is 0 Å². The molecule has 0 amide bonds. The van der Waals surface area contributed by atoms with Crippen molar-refractivity contribution in [2.75, 3.05) is 4.90 Å². The first-order valence-electron chi connectivity index (χ1n) is 17.4. The second-order valence-electron chi connectivity index (χ2n) is 12.9. The first-order chi connectivity index (χ1) is 24.8. The molecule has 1 aromatic heterocycles. The van der Waals surface area contributed by atoms with Crippen molar-refractivity contribution in [3.8, 4) is 39.1 Å². The zero-order valence-electron chi connectivity index (χ0n) is 27.8. The average Bonchev–Trinajstić information content (AvgIpc) is 3.53. The van der Waals surface area contributed by atoms with E-state index in [-0.39, 0.29) is 0 Å². The third-order valence-electron chi connectivity index (χ3n) is 9.86. The molecule has 50 heavy (non-hydrogen) atoms. The Hall–Kier alpha value is -6.38. The highest BCUT2D eigenvalue weighted by molar-refractivity contribution is 6.11. The Morgan fingerprint density at radius 3 is 1.80 bits per heavy atom. The van der Waals surface area contributed by atoms with Crippen molar-refractivity contribution >= 4 is 33.2 Å². The molecule has 9 rings (SSSR count). The predicted octanol–water partition coefficient (Wildman–Crippen LogP) is 13.2. The quantitative estimate of drug-likeness (QED) is 0.168. The molecule has 0 aliphatic heterocycles. The lowest BCUT2D eigenvalue weighted by Gasteiger charge is -2.30. The topological polar surface area (TPSA) is 8.17 Å². The SMILES string of the molecule is C1=CCCC(N(c2ccc(-c3ccccc3)cc2)c2ccc(-c3ccc4c(c3)c3ccccc3n4-c3ccccc3)c(-c3ccccc3)c2)=C1. The molecule has 0 radical (unpaired) electrons. The van der Waals surface area contributed by atoms with Crippen LogP contribution in [0.25, 0.3) is 60.9 Å². The Kier molecular flexibility index (Phi) is 7.68. The highest BCUT2D eigenvalue weighted by atomic mass is 15.1. The highest BCUT2D eigenvalue weighted by Crippen LogP contribution is 2.42. The van der Waals surface area contributed by atoms with E-state index in [1.807, 2.05) is 0 Å². The van der Waals surface area contributed by atoms with Crippen LogP contribution in [-0.2, 0) is 0 Å². The molecular weight excluding hydrogens is 605 g/mol. The second-order valence-corrected chi connectivity index (χ2v) is 12.9. The Morgan fingerprint density at radius 2 is 1.06 bits per heavy atom. The zero-order chi connectivity index (χ0) is 33.3. The van der Waals surface area contributed by atoms with Crippen molar-refractivity contribution in [3.63, 3.8) is 0 Å². The standard InChI is InChI=1S/C48H36N2/c1-5-15-35(16-6-1)36-25-28-41(29-26-36)49(39-19-9-3-10-20-39)42-30-31-43(45(34-42)37-17-7-2-8-18-37)38-27-32-48-46(33-38)44-23-13-14-24-47(44)50(48)40-21-11-4-12-22-40/h1-9,11-19,21-34H,10,20H2. The first kappa shape index (κ1) is 29.7. The van der Waals surface area contributed by atoms with Crippen molar-refractivity contribution in [1.82, 2.24) is 4.57 Å². The summed E-state index contributed by atoms with van der Waals surface area (Å²) in [5, 5.41) is 2.51. The minimum absolute atomic E-state index is 0.988. The normalized spacial score (nSPS) is 12.7. The number of hydrogen-bond donors (Lipinski definition) is 0. The number of allylic oxidation sites excluding steroid dienone is 4. The van der Waals surface area contributed by atoms with Crippen LogP contribution in [0.3, 0.4) is 0 Å². The van der Waals surface area contributed by atoms with E-state index in [2.05, 4.69) is 204 Å². The Morgan fingerprint density at radius 1 is 0.440 bits per heavy atom. The van der Waals surface area contributed by atoms with E-state index in [1.54, 1.807) is 0 Å². The van der Waals surface area contributed by atoms with E-state index >= 15 is 0 Å². The van der Waals surface area contributed by atoms with Crippen LogP contribution >= 0.6 is 0 Å². The molecule has 0 atom stereocenters. The van der Waals surface area contributed by atoms with Gasteiger partial charge in [0.05, 0.1) is 11.0 Å². The van der Waals surface area contributed by atoms with Gasteiger partial charge < -0.3 is 9.47 Å². The van der Waals surface area contributed by atoms with Gasteiger partial charge in [-0.2, -0.15) is 0 Å². The van der Waals surface area contributed by atoms with Crippen LogP contribution in [0, 0.1) is 0 Å². The van der Waals surface area contributed by atoms with Gasteiger partial charge >= 0.3 is 0 Å². The minimum atomic E-state index is 0.988. The fourth-order valence-corrected chi connectivity index (χ4v) is 7.47. The number of aromatic nitrogens is 1. The van der Waals surface area contributed by atoms with Crippen molar-refractivity contribution in [1.29, 1.82) is 0 Å². The van der Waals surface area contributed by atoms with E-state index in [0.717, 1.165) is 24.2 Å². The molecule has 1 heterocycles. The number of benzene rings is 7. The molecule has 1 aliphatic carbocycles. The third kappa shape index (κ3) is 5.41. The molecule has 0 saturated carbocycles. The van der Waals surface area contributed by atoms with Gasteiger partial charge in [0, 0.05) is 33.5 Å². The smallest absolute Gasteiger partial charge is 0.0541 e. The van der Waals surface area contributed by atoms with Gasteiger partial charge in [-0.3, -0.25) is 0 Å². The number of fused-ring (bicyclic) bond motifs is 3. The van der Waals surface area contributed by atoms with E-state index in [4.69, 9.17) is 0 Å². The summed E-state index contributed by atoms with van der Waals surface area (Å²) in [5.74, 6) is 0. The summed E-state index contributed by atoms with van der Waals surface area (Å²) >= 11 is 0. The van der Waals surface area contributed by atoms with Crippen LogP contribution in [0.1, 0.15) is 12.8 Å². The van der Waals surface area contributed by atoms with Gasteiger partial charge in [0.2, 0.25) is 0 Å². The summed E-state index contributed by atoms with van der Waals surface area (Å²) in [7, 11) is 0. The molecule has 238 valence electrons. The molecule has 2 heteroatoms. The lowest BCUT2D eigenvalue weighted by molar-refractivity contribution is 0.918. The molecular formula is C48H36N2. The zero-order valence-corrected chi connectivity index (χ0v) is 27.8. The number of para-hydroxylation sites is 2. The van der Waals surface area contributed by atoms with Gasteiger partial charge in [0.1, 0.15) is 0 Å². The summed E-state index contributed by atoms with van der Waals surface area (Å²) in [4.78, 5) is 2.44. The summed E-state index contributed by atoms with van der Waals surface area (Å²) in [5.41, 5.74) is 14.5. The van der Waals surface area contributed by atoms with Gasteiger partial charge in [0.15, 0.2) is 0 Å². The van der Waals surface area contributed by atoms with Crippen LogP contribution < -0.4 is 4.90 Å². The molecule has 0 bridgehead atoms. The molecule has 7 aromatic carbocycles. The highest BCUT2D eigenvalue weighted by Gasteiger charge is 2.20. The number of anilines is 2. The van der Waals surface area contributed by atoms with Gasteiger partial charge in [-0.05, 0) is 107 Å². The molecule has 0 spiro atoms. The molecule has 0 fully saturated rings. The van der Waals surface area contributed by atoms with E-state index in [9.17, 15) is 0 Å². The lowest BCUT2D eigenvalue weighted by atomic mass is 9.92. The summed E-state index contributed by atoms with van der Waals surface area (Å²) in [6.45, 7) is 0. The molecule has 0 unspecified atom stereocenters. The first-order valence-corrected chi connectivity index (χ1v) is 17.4. The van der Waals surface area contributed by atoms with Crippen molar-refractivity contribution in [2.24, 2.45) is 0 Å². The molecule has 0 saturated heterocycles. The Bertz CT molecular complexity index is 2500. The fourth-order valence-electron chi connectivity index (χ4n) is 7.47. The molecule has 8 aromatic rings. The van der Waals surface area contributed by atoms with Gasteiger partial charge in [-0.1, -0.05) is 133 Å². The van der Waals surface area contributed by atoms with Crippen molar-refractivity contribution in [2.45, 2.75) is 12.8 Å². The lowest BCUT2D eigenvalue weighted by Crippen LogP contribution is -2.17. The maximum atomic E-state index is 2.44. The van der Waals surface area contributed by atoms with E-state index < -0.39 is 0 Å². The van der Waals surface area contributed by atoms with Crippen LogP contribution in [0.4, 0.5) is 11.4 Å². The maximum Gasteiger partial charge on any atom is 0.0541 e. The van der Waals surface area contributed by atoms with E-state index in [0.29, 0.717) is 0 Å². The molecule has 2 nitrogen and oxygen atoms in total. The van der Waals surface area contributed by atoms with Gasteiger partial charge in [-0.25, -0.2) is 0 Å². The maximum absolute atomic E-state index is 2.44. The Labute approximate surface area is 293 Å². The second kappa shape index (κ2) is 12.9. The van der Waals surface area contributed by atoms with Crippen molar-refractivity contribution < 1.29 is 0 Å². The molecule has 1 aliphatic rings. The largest absolute Gasteiger partial charge is 0.314 e. The van der Waals surface area contributed by atoms with E-state index in [1.165, 1.54) is 66.6 Å². The Balaban J connectivity index is 1.20. The fraction of sp³-hybridized carbons (Fsp3) is 0.0417. The summed E-state index contributed by atoms with van der Waals surface area (Å²) in [6, 6.07) is 63.8. The number of rotatable bonds is 7. The number of hydrogen-bond acceptors (Lipinski definition) is 1. The summed E-state index contributed by atoms with van der Waals surface area (Å²) < 4.78 is 2.38.